The minimum absolute atomic E-state index is 0.0323. The van der Waals surface area contributed by atoms with Gasteiger partial charge in [-0.2, -0.15) is 4.73 Å². The van der Waals surface area contributed by atoms with Crippen LogP contribution >= 0.6 is 11.8 Å². The lowest BCUT2D eigenvalue weighted by Gasteiger charge is -2.36. The zero-order chi connectivity index (χ0) is 26.9. The van der Waals surface area contributed by atoms with Crippen LogP contribution in [0.15, 0.2) is 78.0 Å². The number of carbonyl (C=O) groups excluding carboxylic acids is 1. The van der Waals surface area contributed by atoms with Crippen LogP contribution in [0, 0.1) is 5.21 Å². The van der Waals surface area contributed by atoms with Crippen molar-refractivity contribution >= 4 is 23.6 Å². The van der Waals surface area contributed by atoms with Crippen LogP contribution in [0.3, 0.4) is 0 Å². The predicted molar refractivity (Wildman–Crippen MR) is 140 cm³/mol. The normalized spacial score (nSPS) is 19.1. The number of aromatic nitrogens is 1. The van der Waals surface area contributed by atoms with E-state index in [9.17, 15) is 19.9 Å². The summed E-state index contributed by atoms with van der Waals surface area (Å²) in [5.74, 6) is -0.756. The first-order valence-electron chi connectivity index (χ1n) is 12.3. The van der Waals surface area contributed by atoms with Gasteiger partial charge in [0.1, 0.15) is 0 Å². The number of aliphatic hydroxyl groups is 1. The van der Waals surface area contributed by atoms with E-state index in [1.54, 1.807) is 12.1 Å². The maximum absolute atomic E-state index is 12.1. The van der Waals surface area contributed by atoms with Gasteiger partial charge in [0.05, 0.1) is 25.2 Å². The predicted octanol–water partition coefficient (Wildman–Crippen LogP) is 3.63. The smallest absolute Gasteiger partial charge is 0.303 e. The number of nitrogens with one attached hydrogen (secondary N) is 1. The van der Waals surface area contributed by atoms with Crippen LogP contribution in [0.4, 0.5) is 0 Å². The molecule has 3 atom stereocenters. The highest BCUT2D eigenvalue weighted by molar-refractivity contribution is 7.99. The van der Waals surface area contributed by atoms with Crippen molar-refractivity contribution in [3.05, 3.63) is 100 Å². The number of pyridine rings is 1. The van der Waals surface area contributed by atoms with Gasteiger partial charge in [0.25, 0.3) is 5.03 Å². The maximum atomic E-state index is 12.1. The molecule has 1 aliphatic rings. The molecular formula is C28H30N2O7S. The highest BCUT2D eigenvalue weighted by atomic mass is 32.2. The summed E-state index contributed by atoms with van der Waals surface area (Å²) >= 11 is 1.43. The molecule has 0 saturated carbocycles. The van der Waals surface area contributed by atoms with Crippen LogP contribution in [0.2, 0.25) is 0 Å². The molecule has 1 fully saturated rings. The average Bonchev–Trinajstić information content (AvgIpc) is 2.94. The molecular weight excluding hydrogens is 508 g/mol. The molecule has 9 nitrogen and oxygen atoms in total. The van der Waals surface area contributed by atoms with Crippen LogP contribution in [0.25, 0.3) is 0 Å². The Labute approximate surface area is 225 Å². The Balaban J connectivity index is 1.44. The first-order chi connectivity index (χ1) is 18.4. The fourth-order valence-corrected chi connectivity index (χ4v) is 4.96. The van der Waals surface area contributed by atoms with E-state index in [-0.39, 0.29) is 44.1 Å². The summed E-state index contributed by atoms with van der Waals surface area (Å²) in [6.07, 6.45) is 0.748. The van der Waals surface area contributed by atoms with Gasteiger partial charge in [0, 0.05) is 42.8 Å². The van der Waals surface area contributed by atoms with E-state index in [0.717, 1.165) is 27.0 Å². The van der Waals surface area contributed by atoms with Gasteiger partial charge in [-0.3, -0.25) is 9.59 Å². The number of carbonyl (C=O) groups is 2. The van der Waals surface area contributed by atoms with Crippen LogP contribution in [-0.2, 0) is 32.2 Å². The Morgan fingerprint density at radius 3 is 2.37 bits per heavy atom. The van der Waals surface area contributed by atoms with Crippen molar-refractivity contribution < 1.29 is 34.0 Å². The van der Waals surface area contributed by atoms with Gasteiger partial charge >= 0.3 is 5.97 Å². The lowest BCUT2D eigenvalue weighted by molar-refractivity contribution is -0.645. The number of amides is 1. The lowest BCUT2D eigenvalue weighted by Crippen LogP contribution is -2.32. The largest absolute Gasteiger partial charge is 0.618 e. The number of hydrogen-bond acceptors (Lipinski definition) is 7. The van der Waals surface area contributed by atoms with E-state index in [2.05, 4.69) is 5.32 Å². The Morgan fingerprint density at radius 1 is 0.974 bits per heavy atom. The number of thioether (sulfide) groups is 1. The number of aliphatic carboxylic acids is 1. The summed E-state index contributed by atoms with van der Waals surface area (Å²) in [4.78, 5) is 22.4. The van der Waals surface area contributed by atoms with Crippen molar-refractivity contribution in [1.29, 1.82) is 0 Å². The number of nitrogens with zero attached hydrogens (tertiary/aromatic N) is 1. The monoisotopic (exact) mass is 538 g/mol. The molecule has 38 heavy (non-hydrogen) atoms. The van der Waals surface area contributed by atoms with Crippen molar-refractivity contribution in [2.45, 2.75) is 55.9 Å². The number of carboxylic acids is 1. The molecule has 1 aromatic heterocycles. The molecule has 2 heterocycles. The standard InChI is InChI=1S/C28H30N2O7S/c31-17-20-6-8-21(9-7-20)24-15-23(18-38-26-3-1-2-14-30(26)35)36-28(37-24)22-10-4-19(5-11-22)16-29-25(32)12-13-27(33)34/h1-11,14,23-24,28,31H,12-13,15-18H2,(H,29,32)(H,33,34). The molecule has 1 saturated heterocycles. The topological polar surface area (TPSA) is 132 Å². The van der Waals surface area contributed by atoms with Crippen molar-refractivity contribution in [3.8, 4) is 0 Å². The number of benzene rings is 2. The second-order valence-corrected chi connectivity index (χ2v) is 9.98. The van der Waals surface area contributed by atoms with E-state index in [0.29, 0.717) is 17.2 Å². The van der Waals surface area contributed by atoms with Gasteiger partial charge in [-0.1, -0.05) is 60.3 Å². The molecule has 10 heteroatoms. The molecule has 3 aromatic rings. The van der Waals surface area contributed by atoms with Crippen LogP contribution < -0.4 is 10.0 Å². The Hall–Kier alpha value is -3.44. The fourth-order valence-electron chi connectivity index (χ4n) is 4.03. The number of ether oxygens (including phenoxy) is 2. The molecule has 0 spiro atoms. The quantitative estimate of drug-likeness (QED) is 0.192. The van der Waals surface area contributed by atoms with Gasteiger partial charge < -0.3 is 30.2 Å². The molecule has 1 amide bonds. The number of aliphatic hydroxyl groups excluding tert-OH is 1. The van der Waals surface area contributed by atoms with Crippen LogP contribution in [-0.4, -0.2) is 33.9 Å². The summed E-state index contributed by atoms with van der Waals surface area (Å²) in [5, 5.41) is 33.5. The van der Waals surface area contributed by atoms with Crippen LogP contribution in [0.1, 0.15) is 53.9 Å². The molecule has 200 valence electrons. The van der Waals surface area contributed by atoms with E-state index >= 15 is 0 Å². The van der Waals surface area contributed by atoms with Gasteiger partial charge in [0.15, 0.2) is 12.5 Å². The summed E-state index contributed by atoms with van der Waals surface area (Å²) < 4.78 is 13.5. The third-order valence-corrected chi connectivity index (χ3v) is 7.28. The van der Waals surface area contributed by atoms with Crippen LogP contribution in [0.5, 0.6) is 0 Å². The van der Waals surface area contributed by atoms with Crippen molar-refractivity contribution in [2.24, 2.45) is 0 Å². The van der Waals surface area contributed by atoms with Crippen molar-refractivity contribution in [2.75, 3.05) is 5.75 Å². The van der Waals surface area contributed by atoms with Gasteiger partial charge in [-0.15, -0.1) is 0 Å². The molecule has 3 N–H and O–H groups in total. The van der Waals surface area contributed by atoms with Crippen molar-refractivity contribution in [1.82, 2.24) is 5.32 Å². The summed E-state index contributed by atoms with van der Waals surface area (Å²) in [5.41, 5.74) is 3.47. The molecule has 0 aliphatic carbocycles. The highest BCUT2D eigenvalue weighted by Gasteiger charge is 2.32. The average molecular weight is 539 g/mol. The minimum atomic E-state index is -1.01. The van der Waals surface area contributed by atoms with Gasteiger partial charge in [-0.25, -0.2) is 0 Å². The molecule has 1 aliphatic heterocycles. The maximum Gasteiger partial charge on any atom is 0.303 e. The third kappa shape index (κ3) is 7.78. The van der Waals surface area contributed by atoms with Crippen molar-refractivity contribution in [3.63, 3.8) is 0 Å². The molecule has 0 bridgehead atoms. The second kappa shape index (κ2) is 13.4. The Bertz CT molecular complexity index is 1220. The van der Waals surface area contributed by atoms with E-state index < -0.39 is 12.3 Å². The van der Waals surface area contributed by atoms with E-state index in [1.165, 1.54) is 18.0 Å². The molecule has 4 rings (SSSR count). The van der Waals surface area contributed by atoms with Gasteiger partial charge in [-0.05, 0) is 22.8 Å². The summed E-state index contributed by atoms with van der Waals surface area (Å²) in [6, 6.07) is 20.4. The minimum Gasteiger partial charge on any atom is -0.618 e. The SMILES string of the molecule is O=C(O)CCC(=O)NCc1ccc(C2OC(CSc3cccc[n+]3[O-])CC(c3ccc(CO)cc3)O2)cc1. The zero-order valence-electron chi connectivity index (χ0n) is 20.7. The first-order valence-corrected chi connectivity index (χ1v) is 13.3. The number of carboxylic acid groups (broad SMARTS) is 1. The fraction of sp³-hybridized carbons (Fsp3) is 0.321. The summed E-state index contributed by atoms with van der Waals surface area (Å²) in [6.45, 7) is 0.256. The van der Waals surface area contributed by atoms with E-state index in [4.69, 9.17) is 14.6 Å². The second-order valence-electron chi connectivity index (χ2n) is 8.94. The Morgan fingerprint density at radius 2 is 1.68 bits per heavy atom. The Kier molecular flexibility index (Phi) is 9.72. The third-order valence-electron chi connectivity index (χ3n) is 6.13. The number of hydrogen-bond donors (Lipinski definition) is 3. The molecule has 2 aromatic carbocycles. The first kappa shape index (κ1) is 27.6. The van der Waals surface area contributed by atoms with E-state index in [1.807, 2.05) is 54.6 Å². The highest BCUT2D eigenvalue weighted by Crippen LogP contribution is 2.39. The molecule has 0 radical (unpaired) electrons. The number of rotatable bonds is 11. The molecule has 3 unspecified atom stereocenters. The lowest BCUT2D eigenvalue weighted by atomic mass is 10.0. The van der Waals surface area contributed by atoms with Gasteiger partial charge in [0.2, 0.25) is 5.91 Å². The zero-order valence-corrected chi connectivity index (χ0v) is 21.5. The summed E-state index contributed by atoms with van der Waals surface area (Å²) in [7, 11) is 0.